The fourth-order valence-electron chi connectivity index (χ4n) is 3.85. The van der Waals surface area contributed by atoms with Gasteiger partial charge in [0.15, 0.2) is 0 Å². The zero-order valence-electron chi connectivity index (χ0n) is 11.8. The molecule has 0 N–H and O–H groups in total. The quantitative estimate of drug-likeness (QED) is 0.793. The van der Waals surface area contributed by atoms with Gasteiger partial charge in [0.1, 0.15) is 5.78 Å². The van der Waals surface area contributed by atoms with Crippen LogP contribution in [0.15, 0.2) is 24.3 Å². The fraction of sp³-hybridized carbons (Fsp3) is 0.588. The van der Waals surface area contributed by atoms with E-state index >= 15 is 0 Å². The topological polar surface area (TPSA) is 17.1 Å². The van der Waals surface area contributed by atoms with Crippen molar-refractivity contribution in [1.82, 2.24) is 0 Å². The molecule has 0 aliphatic heterocycles. The molecule has 0 heterocycles. The summed E-state index contributed by atoms with van der Waals surface area (Å²) < 4.78 is 39.2. The van der Waals surface area contributed by atoms with E-state index in [-0.39, 0.29) is 24.5 Å². The average molecular weight is 296 g/mol. The highest BCUT2D eigenvalue weighted by Gasteiger charge is 2.48. The molecule has 3 rings (SSSR count). The molecule has 0 radical (unpaired) electrons. The Kier molecular flexibility index (Phi) is 3.80. The number of hydrogen-bond acceptors (Lipinski definition) is 1. The van der Waals surface area contributed by atoms with E-state index in [4.69, 9.17) is 0 Å². The summed E-state index contributed by atoms with van der Waals surface area (Å²) in [6, 6.07) is 7.89. The highest BCUT2D eigenvalue weighted by atomic mass is 19.4. The van der Waals surface area contributed by atoms with Crippen molar-refractivity contribution in [1.29, 1.82) is 0 Å². The Morgan fingerprint density at radius 2 is 1.86 bits per heavy atom. The summed E-state index contributed by atoms with van der Waals surface area (Å²) >= 11 is 0. The smallest absolute Gasteiger partial charge is 0.299 e. The van der Waals surface area contributed by atoms with E-state index in [0.29, 0.717) is 12.8 Å². The van der Waals surface area contributed by atoms with E-state index < -0.39 is 18.0 Å². The summed E-state index contributed by atoms with van der Waals surface area (Å²) in [6.45, 7) is 0. The minimum Gasteiger partial charge on any atom is -0.299 e. The van der Waals surface area contributed by atoms with Gasteiger partial charge in [-0.15, -0.1) is 0 Å². The fourth-order valence-corrected chi connectivity index (χ4v) is 3.85. The Morgan fingerprint density at radius 3 is 2.57 bits per heavy atom. The average Bonchev–Trinajstić information content (AvgIpc) is 2.43. The van der Waals surface area contributed by atoms with Crippen LogP contribution in [0.3, 0.4) is 0 Å². The number of alkyl halides is 3. The van der Waals surface area contributed by atoms with Crippen molar-refractivity contribution < 1.29 is 18.0 Å². The molecule has 1 aromatic rings. The first-order valence-electron chi connectivity index (χ1n) is 7.64. The number of carbonyl (C=O) groups excluding carboxylic acids is 1. The zero-order valence-corrected chi connectivity index (χ0v) is 11.8. The van der Waals surface area contributed by atoms with Crippen LogP contribution in [-0.4, -0.2) is 12.0 Å². The number of carbonyl (C=O) groups is 1. The van der Waals surface area contributed by atoms with E-state index in [9.17, 15) is 18.0 Å². The van der Waals surface area contributed by atoms with Crippen LogP contribution in [0.2, 0.25) is 0 Å². The normalized spacial score (nSPS) is 28.6. The Balaban J connectivity index is 1.68. The van der Waals surface area contributed by atoms with Crippen molar-refractivity contribution in [3.05, 3.63) is 35.4 Å². The third-order valence-electron chi connectivity index (χ3n) is 5.01. The van der Waals surface area contributed by atoms with Crippen molar-refractivity contribution in [2.45, 2.75) is 50.6 Å². The molecule has 3 unspecified atom stereocenters. The Bertz CT molecular complexity index is 535. The van der Waals surface area contributed by atoms with Gasteiger partial charge in [-0.05, 0) is 36.3 Å². The molecule has 2 aliphatic rings. The summed E-state index contributed by atoms with van der Waals surface area (Å²) in [4.78, 5) is 12.4. The van der Waals surface area contributed by atoms with Gasteiger partial charge in [0.2, 0.25) is 0 Å². The molecule has 1 nitrogen and oxygen atoms in total. The van der Waals surface area contributed by atoms with Gasteiger partial charge < -0.3 is 0 Å². The molecule has 2 aliphatic carbocycles. The number of hydrogen-bond donors (Lipinski definition) is 0. The Hall–Kier alpha value is -1.32. The lowest BCUT2D eigenvalue weighted by atomic mass is 9.70. The first-order valence-corrected chi connectivity index (χ1v) is 7.64. The van der Waals surface area contributed by atoms with Crippen LogP contribution in [0.5, 0.6) is 0 Å². The van der Waals surface area contributed by atoms with Crippen molar-refractivity contribution in [3.8, 4) is 0 Å². The largest absolute Gasteiger partial charge is 0.392 e. The highest BCUT2D eigenvalue weighted by molar-refractivity contribution is 5.82. The molecule has 0 saturated heterocycles. The molecule has 0 spiro atoms. The third kappa shape index (κ3) is 2.85. The number of ketones is 1. The van der Waals surface area contributed by atoms with E-state index in [0.717, 1.165) is 18.4 Å². The van der Waals surface area contributed by atoms with Crippen LogP contribution < -0.4 is 0 Å². The molecule has 114 valence electrons. The van der Waals surface area contributed by atoms with E-state index in [1.54, 1.807) is 0 Å². The minimum atomic E-state index is -4.24. The summed E-state index contributed by atoms with van der Waals surface area (Å²) in [7, 11) is 0. The monoisotopic (exact) mass is 296 g/mol. The standard InChI is InChI=1S/C17H19F3O/c18-17(19,20)15-8-4-3-7-14(15)16(21)10-12-9-11-5-1-2-6-13(11)12/h1-2,5-6,12,14-15H,3-4,7-10H2. The van der Waals surface area contributed by atoms with Crippen LogP contribution in [0, 0.1) is 11.8 Å². The number of Topliss-reactive ketones (excluding diaryl/α,β-unsaturated/α-hetero) is 1. The lowest BCUT2D eigenvalue weighted by Gasteiger charge is -2.35. The molecule has 0 bridgehead atoms. The van der Waals surface area contributed by atoms with Crippen LogP contribution in [0.25, 0.3) is 0 Å². The first-order chi connectivity index (χ1) is 9.97. The molecule has 3 atom stereocenters. The van der Waals surface area contributed by atoms with Crippen LogP contribution in [0.4, 0.5) is 13.2 Å². The van der Waals surface area contributed by atoms with E-state index in [1.807, 2.05) is 24.3 Å². The van der Waals surface area contributed by atoms with Gasteiger partial charge in [-0.25, -0.2) is 0 Å². The molecule has 4 heteroatoms. The molecule has 1 fully saturated rings. The number of halogens is 3. The second-order valence-corrected chi connectivity index (χ2v) is 6.31. The molecule has 0 amide bonds. The van der Waals surface area contributed by atoms with Gasteiger partial charge in [-0.1, -0.05) is 37.1 Å². The number of fused-ring (bicyclic) bond motifs is 1. The third-order valence-corrected chi connectivity index (χ3v) is 5.01. The molecular formula is C17H19F3O. The molecule has 21 heavy (non-hydrogen) atoms. The summed E-state index contributed by atoms with van der Waals surface area (Å²) in [6.07, 6.45) is -1.30. The maximum Gasteiger partial charge on any atom is 0.392 e. The van der Waals surface area contributed by atoms with E-state index in [1.165, 1.54) is 5.56 Å². The SMILES string of the molecule is O=C(CC1Cc2ccccc21)C1CCCCC1C(F)(F)F. The molecular weight excluding hydrogens is 277 g/mol. The first kappa shape index (κ1) is 14.6. The van der Waals surface area contributed by atoms with Gasteiger partial charge in [0, 0.05) is 12.3 Å². The Labute approximate surface area is 122 Å². The maximum absolute atomic E-state index is 13.1. The Morgan fingerprint density at radius 1 is 1.14 bits per heavy atom. The van der Waals surface area contributed by atoms with Crippen molar-refractivity contribution in [2.75, 3.05) is 0 Å². The molecule has 0 aromatic heterocycles. The molecule has 1 saturated carbocycles. The lowest BCUT2D eigenvalue weighted by Crippen LogP contribution is -2.38. The number of rotatable bonds is 3. The number of benzene rings is 1. The highest BCUT2D eigenvalue weighted by Crippen LogP contribution is 2.44. The predicted octanol–water partition coefficient (Wildman–Crippen LogP) is 4.65. The summed E-state index contributed by atoms with van der Waals surface area (Å²) in [5.74, 6) is -2.29. The van der Waals surface area contributed by atoms with E-state index in [2.05, 4.69) is 0 Å². The van der Waals surface area contributed by atoms with Crippen molar-refractivity contribution >= 4 is 5.78 Å². The minimum absolute atomic E-state index is 0.112. The lowest BCUT2D eigenvalue weighted by molar-refractivity contribution is -0.197. The van der Waals surface area contributed by atoms with Gasteiger partial charge >= 0.3 is 6.18 Å². The molecule has 1 aromatic carbocycles. The van der Waals surface area contributed by atoms with Crippen molar-refractivity contribution in [3.63, 3.8) is 0 Å². The summed E-state index contributed by atoms with van der Waals surface area (Å²) in [5.41, 5.74) is 2.37. The summed E-state index contributed by atoms with van der Waals surface area (Å²) in [5, 5.41) is 0. The second kappa shape index (κ2) is 5.47. The van der Waals surface area contributed by atoms with Gasteiger partial charge in [0.25, 0.3) is 0 Å². The zero-order chi connectivity index (χ0) is 15.0. The second-order valence-electron chi connectivity index (χ2n) is 6.31. The van der Waals surface area contributed by atoms with Gasteiger partial charge in [0.05, 0.1) is 5.92 Å². The maximum atomic E-state index is 13.1. The van der Waals surface area contributed by atoms with Crippen LogP contribution >= 0.6 is 0 Å². The predicted molar refractivity (Wildman–Crippen MR) is 74.0 cm³/mol. The van der Waals surface area contributed by atoms with Gasteiger partial charge in [-0.3, -0.25) is 4.79 Å². The van der Waals surface area contributed by atoms with Gasteiger partial charge in [-0.2, -0.15) is 13.2 Å². The van der Waals surface area contributed by atoms with Crippen LogP contribution in [-0.2, 0) is 11.2 Å². The van der Waals surface area contributed by atoms with Crippen molar-refractivity contribution in [2.24, 2.45) is 11.8 Å². The van der Waals surface area contributed by atoms with Crippen LogP contribution in [0.1, 0.15) is 49.1 Å².